The smallest absolute Gasteiger partial charge is 0.333 e. The summed E-state index contributed by atoms with van der Waals surface area (Å²) in [6.07, 6.45) is 0.295. The van der Waals surface area contributed by atoms with Crippen LogP contribution < -0.4 is 5.32 Å². The third kappa shape index (κ3) is 2.24. The van der Waals surface area contributed by atoms with E-state index in [0.717, 1.165) is 4.90 Å². The fourth-order valence-electron chi connectivity index (χ4n) is 2.67. The van der Waals surface area contributed by atoms with Gasteiger partial charge in [0.25, 0.3) is 0 Å². The number of nitrogens with one attached hydrogen (secondary N) is 1. The number of allylic oxidation sites excluding steroid dienone is 1. The van der Waals surface area contributed by atoms with Crippen molar-refractivity contribution < 1.29 is 29.4 Å². The van der Waals surface area contributed by atoms with Crippen LogP contribution in [0.1, 0.15) is 26.2 Å². The number of carboxylic acid groups (broad SMARTS) is 2. The van der Waals surface area contributed by atoms with Crippen molar-refractivity contribution in [3.05, 3.63) is 11.3 Å². The lowest BCUT2D eigenvalue weighted by Gasteiger charge is -2.33. The molecule has 3 N–H and O–H groups in total. The first-order valence-electron chi connectivity index (χ1n) is 6.11. The Kier molecular flexibility index (Phi) is 3.47. The zero-order chi connectivity index (χ0) is 15.0. The molecule has 2 amide bonds. The summed E-state index contributed by atoms with van der Waals surface area (Å²) in [6.45, 7) is 1.21. The monoisotopic (exact) mass is 282 g/mol. The van der Waals surface area contributed by atoms with Gasteiger partial charge in [-0.25, -0.2) is 9.59 Å². The van der Waals surface area contributed by atoms with E-state index in [-0.39, 0.29) is 30.5 Å². The number of amides is 2. The molecule has 0 spiro atoms. The maximum atomic E-state index is 12.2. The molecule has 2 aliphatic rings. The van der Waals surface area contributed by atoms with Gasteiger partial charge in [-0.05, 0) is 12.8 Å². The van der Waals surface area contributed by atoms with Gasteiger partial charge in [0.05, 0.1) is 5.57 Å². The van der Waals surface area contributed by atoms with Crippen LogP contribution in [0.3, 0.4) is 0 Å². The third-order valence-corrected chi connectivity index (χ3v) is 3.47. The lowest BCUT2D eigenvalue weighted by molar-refractivity contribution is -0.149. The van der Waals surface area contributed by atoms with Crippen molar-refractivity contribution >= 4 is 23.8 Å². The third-order valence-electron chi connectivity index (χ3n) is 3.47. The van der Waals surface area contributed by atoms with E-state index in [0.29, 0.717) is 0 Å². The minimum atomic E-state index is -1.20. The van der Waals surface area contributed by atoms with E-state index in [9.17, 15) is 24.3 Å². The molecule has 0 aromatic rings. The standard InChI is InChI=1S/C12H14N2O6/c1-5(15)13-7-4-6(11(17)18)8-2-3-9(12(19)20)14(8)10(7)16/h7,9H,2-4H2,1H3,(H,13,15)(H,17,18)(H,19,20)/t7-,9-/m0/s1. The van der Waals surface area contributed by atoms with Crippen LogP contribution in [0.25, 0.3) is 0 Å². The first-order chi connectivity index (χ1) is 9.32. The highest BCUT2D eigenvalue weighted by molar-refractivity contribution is 5.98. The average molecular weight is 282 g/mol. The van der Waals surface area contributed by atoms with Crippen molar-refractivity contribution in [2.45, 2.75) is 38.3 Å². The molecule has 2 atom stereocenters. The van der Waals surface area contributed by atoms with Crippen LogP contribution in [0.15, 0.2) is 11.3 Å². The van der Waals surface area contributed by atoms with Crippen molar-refractivity contribution in [3.8, 4) is 0 Å². The number of rotatable bonds is 3. The van der Waals surface area contributed by atoms with Gasteiger partial charge in [-0.2, -0.15) is 0 Å². The summed E-state index contributed by atoms with van der Waals surface area (Å²) >= 11 is 0. The summed E-state index contributed by atoms with van der Waals surface area (Å²) in [5.74, 6) is -3.41. The predicted molar refractivity (Wildman–Crippen MR) is 64.4 cm³/mol. The number of carbonyl (C=O) groups excluding carboxylic acids is 2. The number of hydrogen-bond donors (Lipinski definition) is 3. The zero-order valence-electron chi connectivity index (χ0n) is 10.8. The van der Waals surface area contributed by atoms with E-state index < -0.39 is 35.8 Å². The SMILES string of the molecule is CC(=O)N[C@H]1CC(C(=O)O)=C2CC[C@@H](C(=O)O)N2C1=O. The van der Waals surface area contributed by atoms with Gasteiger partial charge in [-0.1, -0.05) is 0 Å². The van der Waals surface area contributed by atoms with Gasteiger partial charge in [-0.3, -0.25) is 14.5 Å². The van der Waals surface area contributed by atoms with Gasteiger partial charge in [0.15, 0.2) is 0 Å². The van der Waals surface area contributed by atoms with Crippen LogP contribution in [0.5, 0.6) is 0 Å². The molecule has 0 bridgehead atoms. The Balaban J connectivity index is 2.43. The molecule has 108 valence electrons. The normalized spacial score (nSPS) is 25.4. The molecule has 0 radical (unpaired) electrons. The molecule has 1 saturated heterocycles. The number of fused-ring (bicyclic) bond motifs is 1. The molecule has 2 rings (SSSR count). The number of hydrogen-bond acceptors (Lipinski definition) is 4. The quantitative estimate of drug-likeness (QED) is 0.629. The molecule has 0 aromatic heterocycles. The summed E-state index contributed by atoms with van der Waals surface area (Å²) < 4.78 is 0. The summed E-state index contributed by atoms with van der Waals surface area (Å²) in [5.41, 5.74) is 0.239. The Labute approximate surface area is 114 Å². The van der Waals surface area contributed by atoms with E-state index in [1.165, 1.54) is 6.92 Å². The highest BCUT2D eigenvalue weighted by Crippen LogP contribution is 2.36. The van der Waals surface area contributed by atoms with E-state index in [1.54, 1.807) is 0 Å². The maximum absolute atomic E-state index is 12.2. The second-order valence-electron chi connectivity index (χ2n) is 4.79. The average Bonchev–Trinajstić information content (AvgIpc) is 2.76. The highest BCUT2D eigenvalue weighted by Gasteiger charge is 2.46. The van der Waals surface area contributed by atoms with Gasteiger partial charge in [-0.15, -0.1) is 0 Å². The number of aliphatic carboxylic acids is 2. The summed E-state index contributed by atoms with van der Waals surface area (Å²) in [4.78, 5) is 46.7. The molecule has 20 heavy (non-hydrogen) atoms. The van der Waals surface area contributed by atoms with Gasteiger partial charge in [0.1, 0.15) is 12.1 Å². The van der Waals surface area contributed by atoms with Crippen LogP contribution in [0.4, 0.5) is 0 Å². The molecule has 0 unspecified atom stereocenters. The molecule has 8 nitrogen and oxygen atoms in total. The lowest BCUT2D eigenvalue weighted by atomic mass is 9.97. The molecule has 0 aliphatic carbocycles. The second-order valence-corrected chi connectivity index (χ2v) is 4.79. The van der Waals surface area contributed by atoms with E-state index in [4.69, 9.17) is 5.11 Å². The molecule has 8 heteroatoms. The number of carboxylic acids is 2. The van der Waals surface area contributed by atoms with E-state index >= 15 is 0 Å². The first kappa shape index (κ1) is 14.0. The lowest BCUT2D eigenvalue weighted by Crippen LogP contribution is -2.54. The van der Waals surface area contributed by atoms with Crippen molar-refractivity contribution in [1.29, 1.82) is 0 Å². The Hall–Kier alpha value is -2.38. The zero-order valence-corrected chi connectivity index (χ0v) is 10.8. The Bertz CT molecular complexity index is 538. The van der Waals surface area contributed by atoms with Crippen LogP contribution in [0, 0.1) is 0 Å². The largest absolute Gasteiger partial charge is 0.480 e. The molecular weight excluding hydrogens is 268 g/mol. The van der Waals surface area contributed by atoms with Gasteiger partial charge < -0.3 is 15.5 Å². The number of carbonyl (C=O) groups is 4. The van der Waals surface area contributed by atoms with Crippen molar-refractivity contribution in [3.63, 3.8) is 0 Å². The van der Waals surface area contributed by atoms with E-state index in [1.807, 2.05) is 0 Å². The minimum absolute atomic E-state index is 0.00731. The Morgan fingerprint density at radius 2 is 1.95 bits per heavy atom. The molecule has 2 aliphatic heterocycles. The number of nitrogens with zero attached hydrogens (tertiary/aromatic N) is 1. The van der Waals surface area contributed by atoms with Crippen LogP contribution in [0.2, 0.25) is 0 Å². The highest BCUT2D eigenvalue weighted by atomic mass is 16.4. The summed E-state index contributed by atoms with van der Waals surface area (Å²) in [5, 5.41) is 20.7. The Morgan fingerprint density at radius 1 is 1.30 bits per heavy atom. The van der Waals surface area contributed by atoms with Crippen molar-refractivity contribution in [2.24, 2.45) is 0 Å². The summed E-state index contributed by atoms with van der Waals surface area (Å²) in [6, 6.07) is -2.09. The maximum Gasteiger partial charge on any atom is 0.333 e. The predicted octanol–water partition coefficient (Wildman–Crippen LogP) is -0.691. The molecule has 2 heterocycles. The fourth-order valence-corrected chi connectivity index (χ4v) is 2.67. The van der Waals surface area contributed by atoms with Crippen LogP contribution in [-0.2, 0) is 19.2 Å². The molecule has 1 fully saturated rings. The first-order valence-corrected chi connectivity index (χ1v) is 6.11. The molecule has 0 aromatic carbocycles. The van der Waals surface area contributed by atoms with Crippen molar-refractivity contribution in [2.75, 3.05) is 0 Å². The van der Waals surface area contributed by atoms with Crippen LogP contribution in [-0.4, -0.2) is 50.9 Å². The van der Waals surface area contributed by atoms with E-state index in [2.05, 4.69) is 5.32 Å². The second kappa shape index (κ2) is 4.95. The summed E-state index contributed by atoms with van der Waals surface area (Å²) in [7, 11) is 0. The van der Waals surface area contributed by atoms with Gasteiger partial charge in [0.2, 0.25) is 11.8 Å². The molecule has 0 saturated carbocycles. The van der Waals surface area contributed by atoms with Crippen LogP contribution >= 0.6 is 0 Å². The van der Waals surface area contributed by atoms with Crippen molar-refractivity contribution in [1.82, 2.24) is 10.2 Å². The van der Waals surface area contributed by atoms with Gasteiger partial charge >= 0.3 is 11.9 Å². The molecular formula is C12H14N2O6. The topological polar surface area (TPSA) is 124 Å². The van der Waals surface area contributed by atoms with Gasteiger partial charge in [0, 0.05) is 19.0 Å². The fraction of sp³-hybridized carbons (Fsp3) is 0.500. The Morgan fingerprint density at radius 3 is 2.45 bits per heavy atom. The minimum Gasteiger partial charge on any atom is -0.480 e.